The summed E-state index contributed by atoms with van der Waals surface area (Å²) in [6.45, 7) is 1.69. The molecule has 3 aromatic carbocycles. The Balaban J connectivity index is 2.06. The van der Waals surface area contributed by atoms with Crippen LogP contribution in [0.1, 0.15) is 18.1 Å². The summed E-state index contributed by atoms with van der Waals surface area (Å²) in [4.78, 5) is 28.7. The third-order valence-electron chi connectivity index (χ3n) is 5.77. The van der Waals surface area contributed by atoms with Crippen LogP contribution in [0, 0.1) is 0 Å². The molecule has 3 rings (SSSR count). The van der Waals surface area contributed by atoms with Gasteiger partial charge in [0.15, 0.2) is 0 Å². The Morgan fingerprint density at radius 1 is 0.947 bits per heavy atom. The topological polar surface area (TPSA) is 86.8 Å². The quantitative estimate of drug-likeness (QED) is 0.308. The molecule has 0 bridgehead atoms. The van der Waals surface area contributed by atoms with Gasteiger partial charge in [-0.25, -0.2) is 8.42 Å². The third kappa shape index (κ3) is 7.96. The van der Waals surface area contributed by atoms with Crippen molar-refractivity contribution in [2.75, 3.05) is 23.7 Å². The van der Waals surface area contributed by atoms with Crippen molar-refractivity contribution in [3.05, 3.63) is 98.4 Å². The zero-order valence-corrected chi connectivity index (χ0v) is 24.8. The van der Waals surface area contributed by atoms with E-state index in [1.165, 1.54) is 17.0 Å². The van der Waals surface area contributed by atoms with Gasteiger partial charge in [-0.3, -0.25) is 13.9 Å². The van der Waals surface area contributed by atoms with Crippen LogP contribution in [0.3, 0.4) is 0 Å². The molecule has 38 heavy (non-hydrogen) atoms. The maximum absolute atomic E-state index is 13.9. The van der Waals surface area contributed by atoms with Gasteiger partial charge in [-0.1, -0.05) is 87.7 Å². The fraction of sp³-hybridized carbons (Fsp3) is 0.259. The third-order valence-corrected chi connectivity index (χ3v) is 8.23. The molecule has 0 aliphatic rings. The molecule has 0 saturated carbocycles. The summed E-state index contributed by atoms with van der Waals surface area (Å²) in [5.41, 5.74) is 1.71. The van der Waals surface area contributed by atoms with Gasteiger partial charge in [-0.15, -0.1) is 0 Å². The molecule has 11 heteroatoms. The zero-order chi connectivity index (χ0) is 27.9. The van der Waals surface area contributed by atoms with Gasteiger partial charge < -0.3 is 10.2 Å². The molecule has 0 radical (unpaired) electrons. The van der Waals surface area contributed by atoms with Crippen molar-refractivity contribution in [2.45, 2.75) is 25.9 Å². The summed E-state index contributed by atoms with van der Waals surface area (Å²) >= 11 is 15.9. The second kappa shape index (κ2) is 13.5. The number of nitrogens with zero attached hydrogens (tertiary/aromatic N) is 2. The summed E-state index contributed by atoms with van der Waals surface area (Å²) < 4.78 is 27.4. The predicted molar refractivity (Wildman–Crippen MR) is 156 cm³/mol. The molecule has 0 aliphatic heterocycles. The molecule has 0 saturated heterocycles. The van der Waals surface area contributed by atoms with Crippen molar-refractivity contribution < 1.29 is 18.0 Å². The molecule has 0 fully saturated rings. The molecule has 7 nitrogen and oxygen atoms in total. The predicted octanol–water partition coefficient (Wildman–Crippen LogP) is 5.30. The van der Waals surface area contributed by atoms with E-state index < -0.39 is 28.5 Å². The van der Waals surface area contributed by atoms with Gasteiger partial charge in [0, 0.05) is 24.0 Å². The maximum atomic E-state index is 13.9. The first kappa shape index (κ1) is 30.0. The fourth-order valence-electron chi connectivity index (χ4n) is 3.91. The molecule has 0 aromatic heterocycles. The Hall–Kier alpha value is -2.59. The lowest BCUT2D eigenvalue weighted by Crippen LogP contribution is -2.53. The average Bonchev–Trinajstić information content (AvgIpc) is 2.87. The van der Waals surface area contributed by atoms with E-state index in [0.717, 1.165) is 26.2 Å². The number of likely N-dealkylation sites (N-methyl/N-ethyl adjacent to an activating group) is 1. The number of rotatable bonds is 11. The number of carbonyl (C=O) groups excluding carboxylic acids is 2. The van der Waals surface area contributed by atoms with Gasteiger partial charge in [0.1, 0.15) is 12.6 Å². The molecule has 0 spiro atoms. The van der Waals surface area contributed by atoms with Crippen molar-refractivity contribution in [2.24, 2.45) is 0 Å². The first-order valence-electron chi connectivity index (χ1n) is 11.8. The maximum Gasteiger partial charge on any atom is 0.244 e. The highest BCUT2D eigenvalue weighted by Crippen LogP contribution is 2.34. The lowest BCUT2D eigenvalue weighted by atomic mass is 10.0. The minimum Gasteiger partial charge on any atom is -0.355 e. The number of anilines is 1. The highest BCUT2D eigenvalue weighted by molar-refractivity contribution is 9.10. The molecule has 0 unspecified atom stereocenters. The average molecular weight is 641 g/mol. The van der Waals surface area contributed by atoms with Crippen molar-refractivity contribution >= 4 is 66.7 Å². The van der Waals surface area contributed by atoms with Crippen LogP contribution in [0.5, 0.6) is 0 Å². The Labute approximate surface area is 241 Å². The number of benzene rings is 3. The number of sulfonamides is 1. The van der Waals surface area contributed by atoms with Gasteiger partial charge >= 0.3 is 0 Å². The second-order valence-corrected chi connectivity index (χ2v) is 12.2. The smallest absolute Gasteiger partial charge is 0.244 e. The Morgan fingerprint density at radius 3 is 2.21 bits per heavy atom. The number of hydrogen-bond acceptors (Lipinski definition) is 4. The number of nitrogens with one attached hydrogen (secondary N) is 1. The second-order valence-electron chi connectivity index (χ2n) is 8.59. The molecule has 2 amide bonds. The largest absolute Gasteiger partial charge is 0.355 e. The van der Waals surface area contributed by atoms with E-state index in [2.05, 4.69) is 21.2 Å². The molecular formula is C27H28BrCl2N3O4S. The number of hydrogen-bond donors (Lipinski definition) is 1. The number of halogens is 3. The van der Waals surface area contributed by atoms with Gasteiger partial charge in [0.05, 0.1) is 22.0 Å². The van der Waals surface area contributed by atoms with Crippen LogP contribution in [0.25, 0.3) is 0 Å². The lowest BCUT2D eigenvalue weighted by molar-refractivity contribution is -0.140. The Bertz CT molecular complexity index is 1370. The highest BCUT2D eigenvalue weighted by atomic mass is 79.9. The summed E-state index contributed by atoms with van der Waals surface area (Å²) in [5.74, 6) is -0.907. The highest BCUT2D eigenvalue weighted by Gasteiger charge is 2.33. The normalized spacial score (nSPS) is 12.0. The van der Waals surface area contributed by atoms with Crippen LogP contribution in [0.15, 0.2) is 77.3 Å². The molecular weight excluding hydrogens is 613 g/mol. The van der Waals surface area contributed by atoms with Crippen molar-refractivity contribution in [1.29, 1.82) is 0 Å². The van der Waals surface area contributed by atoms with Crippen LogP contribution in [-0.2, 0) is 32.6 Å². The minimum atomic E-state index is -3.94. The van der Waals surface area contributed by atoms with E-state index in [9.17, 15) is 18.0 Å². The molecule has 1 N–H and O–H groups in total. The van der Waals surface area contributed by atoms with Crippen LogP contribution >= 0.6 is 39.1 Å². The van der Waals surface area contributed by atoms with Crippen molar-refractivity contribution in [3.8, 4) is 0 Å². The van der Waals surface area contributed by atoms with Crippen LogP contribution in [0.4, 0.5) is 5.69 Å². The van der Waals surface area contributed by atoms with E-state index in [-0.39, 0.29) is 34.6 Å². The lowest BCUT2D eigenvalue weighted by Gasteiger charge is -2.33. The van der Waals surface area contributed by atoms with E-state index in [4.69, 9.17) is 23.2 Å². The zero-order valence-electron chi connectivity index (χ0n) is 20.9. The molecule has 0 aliphatic carbocycles. The summed E-state index contributed by atoms with van der Waals surface area (Å²) in [7, 11) is -3.94. The molecule has 1 atom stereocenters. The standard InChI is InChI=1S/C27H28BrCl2N3O4S/c1-3-31-27(35)24(16-19-8-5-4-6-9-19)32(17-20-12-14-21(28)15-13-20)25(34)18-33(38(2,36)37)23-11-7-10-22(29)26(23)30/h4-15,24H,3,16-18H2,1-2H3,(H,31,35)/t24-/m0/s1. The van der Waals surface area contributed by atoms with Gasteiger partial charge in [0.25, 0.3) is 0 Å². The SMILES string of the molecule is CCNC(=O)[C@H](Cc1ccccc1)N(Cc1ccc(Br)cc1)C(=O)CN(c1cccc(Cl)c1Cl)S(C)(=O)=O. The Morgan fingerprint density at radius 2 is 1.61 bits per heavy atom. The summed E-state index contributed by atoms with van der Waals surface area (Å²) in [6, 6.07) is 20.4. The van der Waals surface area contributed by atoms with E-state index >= 15 is 0 Å². The van der Waals surface area contributed by atoms with Crippen LogP contribution in [0.2, 0.25) is 10.0 Å². The molecule has 3 aromatic rings. The Kier molecular flexibility index (Phi) is 10.6. The minimum absolute atomic E-state index is 0.0106. The van der Waals surface area contributed by atoms with Gasteiger partial charge in [-0.05, 0) is 42.3 Å². The molecule has 202 valence electrons. The van der Waals surface area contributed by atoms with Gasteiger partial charge in [-0.2, -0.15) is 0 Å². The van der Waals surface area contributed by atoms with E-state index in [0.29, 0.717) is 6.54 Å². The van der Waals surface area contributed by atoms with Crippen molar-refractivity contribution in [3.63, 3.8) is 0 Å². The fourth-order valence-corrected chi connectivity index (χ4v) is 5.48. The first-order valence-corrected chi connectivity index (χ1v) is 15.2. The summed E-state index contributed by atoms with van der Waals surface area (Å²) in [6.07, 6.45) is 1.23. The number of amides is 2. The summed E-state index contributed by atoms with van der Waals surface area (Å²) in [5, 5.41) is 2.98. The first-order chi connectivity index (χ1) is 18.0. The monoisotopic (exact) mass is 639 g/mol. The van der Waals surface area contributed by atoms with Crippen LogP contribution < -0.4 is 9.62 Å². The van der Waals surface area contributed by atoms with Crippen LogP contribution in [-0.4, -0.2) is 50.5 Å². The number of carbonyl (C=O) groups is 2. The van der Waals surface area contributed by atoms with Crippen molar-refractivity contribution in [1.82, 2.24) is 10.2 Å². The molecule has 0 heterocycles. The van der Waals surface area contributed by atoms with E-state index in [1.54, 1.807) is 13.0 Å². The van der Waals surface area contributed by atoms with E-state index in [1.807, 2.05) is 54.6 Å². The van der Waals surface area contributed by atoms with Gasteiger partial charge in [0.2, 0.25) is 21.8 Å².